The molecule has 5 rings (SSSR count). The summed E-state index contributed by atoms with van der Waals surface area (Å²) < 4.78 is 15.2. The Morgan fingerprint density at radius 2 is 1.37 bits per heavy atom. The van der Waals surface area contributed by atoms with E-state index in [0.29, 0.717) is 12.8 Å². The molecule has 0 bridgehead atoms. The van der Waals surface area contributed by atoms with Gasteiger partial charge < -0.3 is 30.0 Å². The van der Waals surface area contributed by atoms with E-state index in [9.17, 15) is 24.3 Å². The minimum atomic E-state index is -1.27. The van der Waals surface area contributed by atoms with Gasteiger partial charge in [-0.05, 0) is 55.9 Å². The molecule has 2 aromatic rings. The highest BCUT2D eigenvalue weighted by molar-refractivity contribution is 5.90. The molecule has 2 saturated carbocycles. The fourth-order valence-corrected chi connectivity index (χ4v) is 5.50. The fourth-order valence-electron chi connectivity index (χ4n) is 5.50. The van der Waals surface area contributed by atoms with Crippen LogP contribution in [0.4, 0.5) is 9.59 Å². The van der Waals surface area contributed by atoms with E-state index in [0.717, 1.165) is 22.3 Å². The molecule has 3 aliphatic carbocycles. The van der Waals surface area contributed by atoms with Crippen molar-refractivity contribution in [3.8, 4) is 11.1 Å². The van der Waals surface area contributed by atoms with Crippen molar-refractivity contribution in [2.24, 2.45) is 11.8 Å². The molecule has 10 nitrogen and oxygen atoms in total. The molecule has 0 radical (unpaired) electrons. The lowest BCUT2D eigenvalue weighted by atomic mass is 9.98. The molecule has 0 saturated heterocycles. The van der Waals surface area contributed by atoms with E-state index in [1.54, 1.807) is 32.9 Å². The van der Waals surface area contributed by atoms with Crippen LogP contribution in [-0.2, 0) is 23.8 Å². The van der Waals surface area contributed by atoms with E-state index in [-0.39, 0.29) is 24.4 Å². The summed E-state index contributed by atoms with van der Waals surface area (Å²) in [5.74, 6) is -1.93. The number of methoxy groups -OCH3 is 1. The van der Waals surface area contributed by atoms with Crippen LogP contribution in [0.5, 0.6) is 0 Å². The van der Waals surface area contributed by atoms with Crippen LogP contribution in [0.1, 0.15) is 50.7 Å². The molecule has 0 aromatic heterocycles. The SMILES string of the molecule is C=C[C@@H]1C[C@]1(NC(=O)OC(C)(C)C)C(=O)OC.C=C[C@@H]1C[C@]1(NC(=O)OCC1c2ccccc2-c2ccccc21)C(=O)O. The van der Waals surface area contributed by atoms with Gasteiger partial charge in [-0.1, -0.05) is 60.7 Å². The topological polar surface area (TPSA) is 140 Å². The number of fused-ring (bicyclic) bond motifs is 3. The minimum absolute atomic E-state index is 0.0525. The van der Waals surface area contributed by atoms with Crippen LogP contribution < -0.4 is 10.6 Å². The molecular weight excluding hydrogens is 552 g/mol. The lowest BCUT2D eigenvalue weighted by Crippen LogP contribution is -2.47. The molecule has 3 aliphatic rings. The summed E-state index contributed by atoms with van der Waals surface area (Å²) in [4.78, 5) is 46.9. The van der Waals surface area contributed by atoms with Gasteiger partial charge in [0.05, 0.1) is 7.11 Å². The Labute approximate surface area is 251 Å². The van der Waals surface area contributed by atoms with Gasteiger partial charge in [0.25, 0.3) is 0 Å². The van der Waals surface area contributed by atoms with Crippen molar-refractivity contribution in [3.63, 3.8) is 0 Å². The van der Waals surface area contributed by atoms with Gasteiger partial charge >= 0.3 is 24.1 Å². The number of carboxylic acids is 1. The van der Waals surface area contributed by atoms with Gasteiger partial charge in [0, 0.05) is 17.8 Å². The average molecular weight is 591 g/mol. The fraction of sp³-hybridized carbons (Fsp3) is 0.394. The minimum Gasteiger partial charge on any atom is -0.479 e. The first-order valence-corrected chi connectivity index (χ1v) is 14.0. The molecule has 43 heavy (non-hydrogen) atoms. The quantitative estimate of drug-likeness (QED) is 0.217. The monoisotopic (exact) mass is 590 g/mol. The number of amides is 2. The number of carbonyl (C=O) groups is 4. The number of hydrogen-bond acceptors (Lipinski definition) is 7. The molecule has 3 N–H and O–H groups in total. The first-order valence-electron chi connectivity index (χ1n) is 14.0. The first kappa shape index (κ1) is 31.3. The average Bonchev–Trinajstić information content (AvgIpc) is 3.84. The Hall–Kier alpha value is -4.60. The summed E-state index contributed by atoms with van der Waals surface area (Å²) >= 11 is 0. The van der Waals surface area contributed by atoms with Gasteiger partial charge in [0.1, 0.15) is 23.3 Å². The van der Waals surface area contributed by atoms with Crippen molar-refractivity contribution >= 4 is 24.1 Å². The van der Waals surface area contributed by atoms with Crippen LogP contribution in [0, 0.1) is 11.8 Å². The van der Waals surface area contributed by atoms with Crippen LogP contribution in [0.15, 0.2) is 73.8 Å². The lowest BCUT2D eigenvalue weighted by Gasteiger charge is -2.22. The van der Waals surface area contributed by atoms with E-state index >= 15 is 0 Å². The number of nitrogens with one attached hydrogen (secondary N) is 2. The molecule has 2 aromatic carbocycles. The van der Waals surface area contributed by atoms with Crippen molar-refractivity contribution in [1.29, 1.82) is 0 Å². The number of carboxylic acid groups (broad SMARTS) is 1. The number of aliphatic carboxylic acids is 1. The summed E-state index contributed by atoms with van der Waals surface area (Å²) in [6.07, 6.45) is 2.70. The number of hydrogen-bond donors (Lipinski definition) is 3. The highest BCUT2D eigenvalue weighted by Crippen LogP contribution is 2.47. The molecule has 10 heteroatoms. The Morgan fingerprint density at radius 1 is 0.884 bits per heavy atom. The number of esters is 1. The van der Waals surface area contributed by atoms with Gasteiger partial charge in [0.15, 0.2) is 0 Å². The maximum absolute atomic E-state index is 12.2. The second-order valence-electron chi connectivity index (χ2n) is 11.9. The van der Waals surface area contributed by atoms with Crippen molar-refractivity contribution in [3.05, 3.63) is 85.0 Å². The summed E-state index contributed by atoms with van der Waals surface area (Å²) in [6.45, 7) is 12.7. The van der Waals surface area contributed by atoms with Gasteiger partial charge in [0.2, 0.25) is 0 Å². The number of rotatable bonds is 8. The number of ether oxygens (including phenoxy) is 3. The standard InChI is InChI=1S/C21H19NO4.C12H19NO4/c1-2-13-11-21(13,19(23)24)22-20(25)26-12-18-16-9-5-3-7-14(16)15-8-4-6-10-17(15)18;1-6-8-7-12(8,9(14)16-5)13-10(15)17-11(2,3)4/h2-10,13,18H,1,11-12H2,(H,22,25)(H,23,24);6,8H,1,7H2,2-5H3,(H,13,15)/t13-,21-;8-,12-/m11/s1. The molecule has 0 aliphatic heterocycles. The van der Waals surface area contributed by atoms with Crippen LogP contribution in [0.2, 0.25) is 0 Å². The zero-order valence-corrected chi connectivity index (χ0v) is 24.8. The highest BCUT2D eigenvalue weighted by atomic mass is 16.6. The molecule has 0 heterocycles. The van der Waals surface area contributed by atoms with Crippen molar-refractivity contribution in [2.45, 2.75) is 56.2 Å². The van der Waals surface area contributed by atoms with E-state index in [2.05, 4.69) is 40.7 Å². The third-order valence-corrected chi connectivity index (χ3v) is 7.92. The van der Waals surface area contributed by atoms with E-state index in [4.69, 9.17) is 9.47 Å². The normalized spacial score (nSPS) is 24.5. The number of benzene rings is 2. The van der Waals surface area contributed by atoms with Gasteiger partial charge in [-0.25, -0.2) is 19.2 Å². The smallest absolute Gasteiger partial charge is 0.408 e. The Balaban J connectivity index is 0.000000217. The third kappa shape index (κ3) is 6.43. The summed E-state index contributed by atoms with van der Waals surface area (Å²) in [7, 11) is 1.29. The predicted octanol–water partition coefficient (Wildman–Crippen LogP) is 5.18. The van der Waals surface area contributed by atoms with E-state index < -0.39 is 40.8 Å². The molecule has 228 valence electrons. The van der Waals surface area contributed by atoms with Gasteiger partial charge in [-0.15, -0.1) is 13.2 Å². The lowest BCUT2D eigenvalue weighted by molar-refractivity contribution is -0.144. The van der Waals surface area contributed by atoms with Crippen LogP contribution >= 0.6 is 0 Å². The Kier molecular flexibility index (Phi) is 8.71. The summed E-state index contributed by atoms with van der Waals surface area (Å²) in [5, 5.41) is 14.5. The first-order chi connectivity index (χ1) is 20.3. The van der Waals surface area contributed by atoms with Crippen LogP contribution in [-0.4, -0.2) is 59.6 Å². The number of carbonyl (C=O) groups excluding carboxylic acids is 3. The third-order valence-electron chi connectivity index (χ3n) is 7.92. The van der Waals surface area contributed by atoms with Crippen molar-refractivity contribution in [1.82, 2.24) is 10.6 Å². The zero-order chi connectivity index (χ0) is 31.6. The largest absolute Gasteiger partial charge is 0.479 e. The van der Waals surface area contributed by atoms with Gasteiger partial charge in [-0.3, -0.25) is 0 Å². The molecule has 0 spiro atoms. The van der Waals surface area contributed by atoms with E-state index in [1.165, 1.54) is 7.11 Å². The summed E-state index contributed by atoms with van der Waals surface area (Å²) in [5.41, 5.74) is 1.67. The predicted molar refractivity (Wildman–Crippen MR) is 159 cm³/mol. The van der Waals surface area contributed by atoms with Crippen LogP contribution in [0.3, 0.4) is 0 Å². The molecule has 4 atom stereocenters. The van der Waals surface area contributed by atoms with Crippen molar-refractivity contribution < 1.29 is 38.5 Å². The Morgan fingerprint density at radius 3 is 1.81 bits per heavy atom. The summed E-state index contributed by atoms with van der Waals surface area (Å²) in [6, 6.07) is 16.1. The maximum Gasteiger partial charge on any atom is 0.408 e. The second-order valence-corrected chi connectivity index (χ2v) is 11.9. The molecule has 0 unspecified atom stereocenters. The Bertz CT molecular complexity index is 1400. The molecular formula is C33H38N2O8. The second kappa shape index (κ2) is 11.9. The zero-order valence-electron chi connectivity index (χ0n) is 24.8. The van der Waals surface area contributed by atoms with Gasteiger partial charge in [-0.2, -0.15) is 0 Å². The van der Waals surface area contributed by atoms with E-state index in [1.807, 2.05) is 36.4 Å². The van der Waals surface area contributed by atoms with Crippen LogP contribution in [0.25, 0.3) is 11.1 Å². The molecule has 2 fully saturated rings. The number of alkyl carbamates (subject to hydrolysis) is 2. The molecule has 2 amide bonds. The maximum atomic E-state index is 12.2. The highest BCUT2D eigenvalue weighted by Gasteiger charge is 2.62. The van der Waals surface area contributed by atoms with Crippen molar-refractivity contribution in [2.75, 3.05) is 13.7 Å².